The standard InChI is InChI=1S/C23H33NO2/c1-4-5-6-7-8-9-10-11-12-13-14-21-17-20-18-22(26-3)15-16-23(20)24(21)19-25-2/h4,13-18H,1,5-12,19H2,2-3H3. The van der Waals surface area contributed by atoms with Crippen molar-refractivity contribution in [1.82, 2.24) is 4.57 Å². The van der Waals surface area contributed by atoms with Crippen molar-refractivity contribution in [2.24, 2.45) is 0 Å². The van der Waals surface area contributed by atoms with Gasteiger partial charge in [0.15, 0.2) is 0 Å². The molecule has 0 fully saturated rings. The zero-order valence-electron chi connectivity index (χ0n) is 16.4. The molecule has 0 amide bonds. The summed E-state index contributed by atoms with van der Waals surface area (Å²) in [5.74, 6) is 0.885. The van der Waals surface area contributed by atoms with Crippen LogP contribution in [0, 0.1) is 0 Å². The molecule has 0 radical (unpaired) electrons. The first kappa shape index (κ1) is 20.3. The Morgan fingerprint density at radius 1 is 0.962 bits per heavy atom. The maximum atomic E-state index is 5.38. The van der Waals surface area contributed by atoms with Crippen LogP contribution in [0.5, 0.6) is 5.75 Å². The molecule has 3 nitrogen and oxygen atoms in total. The van der Waals surface area contributed by atoms with E-state index in [0.717, 1.165) is 18.6 Å². The van der Waals surface area contributed by atoms with Gasteiger partial charge < -0.3 is 14.0 Å². The molecule has 0 saturated heterocycles. The van der Waals surface area contributed by atoms with E-state index in [-0.39, 0.29) is 0 Å². The van der Waals surface area contributed by atoms with Gasteiger partial charge in [-0.25, -0.2) is 0 Å². The lowest BCUT2D eigenvalue weighted by Crippen LogP contribution is -2.01. The van der Waals surface area contributed by atoms with Gasteiger partial charge in [-0.1, -0.05) is 37.8 Å². The molecule has 0 unspecified atom stereocenters. The summed E-state index contributed by atoms with van der Waals surface area (Å²) >= 11 is 0. The average molecular weight is 356 g/mol. The van der Waals surface area contributed by atoms with Crippen LogP contribution in [0.1, 0.15) is 57.1 Å². The number of fused-ring (bicyclic) bond motifs is 1. The van der Waals surface area contributed by atoms with Crippen LogP contribution < -0.4 is 4.74 Å². The van der Waals surface area contributed by atoms with Gasteiger partial charge in [-0.05, 0) is 56.0 Å². The van der Waals surface area contributed by atoms with E-state index in [4.69, 9.17) is 9.47 Å². The number of ether oxygens (including phenoxy) is 2. The minimum Gasteiger partial charge on any atom is -0.497 e. The van der Waals surface area contributed by atoms with Gasteiger partial charge in [-0.15, -0.1) is 6.58 Å². The summed E-state index contributed by atoms with van der Waals surface area (Å²) in [4.78, 5) is 0. The number of rotatable bonds is 13. The molecule has 142 valence electrons. The highest BCUT2D eigenvalue weighted by molar-refractivity contribution is 5.85. The lowest BCUT2D eigenvalue weighted by molar-refractivity contribution is 0.134. The van der Waals surface area contributed by atoms with E-state index in [0.29, 0.717) is 6.73 Å². The van der Waals surface area contributed by atoms with Crippen molar-refractivity contribution >= 4 is 17.0 Å². The Balaban J connectivity index is 1.85. The molecule has 2 rings (SSSR count). The van der Waals surface area contributed by atoms with Crippen molar-refractivity contribution in [2.45, 2.75) is 58.1 Å². The number of unbranched alkanes of at least 4 members (excludes halogenated alkanes) is 7. The normalized spacial score (nSPS) is 11.5. The monoisotopic (exact) mass is 355 g/mol. The molecule has 0 atom stereocenters. The minimum atomic E-state index is 0.556. The number of allylic oxidation sites excluding steroid dienone is 2. The Labute approximate surface area is 158 Å². The van der Waals surface area contributed by atoms with Gasteiger partial charge in [0.25, 0.3) is 0 Å². The van der Waals surface area contributed by atoms with Crippen LogP contribution in [0.4, 0.5) is 0 Å². The number of hydrogen-bond acceptors (Lipinski definition) is 2. The highest BCUT2D eigenvalue weighted by atomic mass is 16.5. The fourth-order valence-corrected chi connectivity index (χ4v) is 3.27. The van der Waals surface area contributed by atoms with Crippen LogP contribution in [0.15, 0.2) is 43.0 Å². The molecule has 0 aliphatic carbocycles. The van der Waals surface area contributed by atoms with Crippen LogP contribution in [0.25, 0.3) is 17.0 Å². The zero-order valence-corrected chi connectivity index (χ0v) is 16.4. The zero-order chi connectivity index (χ0) is 18.6. The minimum absolute atomic E-state index is 0.556. The van der Waals surface area contributed by atoms with Gasteiger partial charge in [0.1, 0.15) is 12.5 Å². The Hall–Kier alpha value is -2.00. The first-order valence-electron chi connectivity index (χ1n) is 9.73. The highest BCUT2D eigenvalue weighted by Crippen LogP contribution is 2.25. The number of aromatic nitrogens is 1. The Morgan fingerprint density at radius 2 is 1.69 bits per heavy atom. The summed E-state index contributed by atoms with van der Waals surface area (Å²) in [7, 11) is 3.44. The summed E-state index contributed by atoms with van der Waals surface area (Å²) in [5, 5.41) is 1.18. The maximum Gasteiger partial charge on any atom is 0.123 e. The molecule has 1 aromatic heterocycles. The second kappa shape index (κ2) is 11.6. The molecule has 1 heterocycles. The van der Waals surface area contributed by atoms with Gasteiger partial charge in [0.05, 0.1) is 12.6 Å². The summed E-state index contributed by atoms with van der Waals surface area (Å²) in [6, 6.07) is 8.37. The van der Waals surface area contributed by atoms with E-state index < -0.39 is 0 Å². The quantitative estimate of drug-likeness (QED) is 0.299. The van der Waals surface area contributed by atoms with E-state index in [1.54, 1.807) is 14.2 Å². The van der Waals surface area contributed by atoms with Crippen molar-refractivity contribution in [2.75, 3.05) is 14.2 Å². The summed E-state index contributed by atoms with van der Waals surface area (Å²) in [6.07, 6.45) is 16.7. The van der Waals surface area contributed by atoms with Crippen LogP contribution in [0.2, 0.25) is 0 Å². The predicted octanol–water partition coefficient (Wildman–Crippen LogP) is 6.57. The molecule has 1 aromatic carbocycles. The Bertz CT molecular complexity index is 700. The average Bonchev–Trinajstić information content (AvgIpc) is 3.00. The molecule has 0 spiro atoms. The Morgan fingerprint density at radius 3 is 2.38 bits per heavy atom. The smallest absolute Gasteiger partial charge is 0.123 e. The van der Waals surface area contributed by atoms with Crippen molar-refractivity contribution in [1.29, 1.82) is 0 Å². The predicted molar refractivity (Wildman–Crippen MR) is 112 cm³/mol. The second-order valence-electron chi connectivity index (χ2n) is 6.73. The molecule has 0 N–H and O–H groups in total. The van der Waals surface area contributed by atoms with Crippen LogP contribution in [-0.4, -0.2) is 18.8 Å². The van der Waals surface area contributed by atoms with Crippen LogP contribution in [-0.2, 0) is 11.5 Å². The number of methoxy groups -OCH3 is 2. The summed E-state index contributed by atoms with van der Waals surface area (Å²) in [6.45, 7) is 4.33. The van der Waals surface area contributed by atoms with E-state index >= 15 is 0 Å². The molecule has 3 heteroatoms. The van der Waals surface area contributed by atoms with E-state index in [9.17, 15) is 0 Å². The van der Waals surface area contributed by atoms with Gasteiger partial charge in [0, 0.05) is 18.2 Å². The van der Waals surface area contributed by atoms with Crippen LogP contribution in [0.3, 0.4) is 0 Å². The lowest BCUT2D eigenvalue weighted by Gasteiger charge is -2.07. The molecule has 2 aromatic rings. The molecule has 26 heavy (non-hydrogen) atoms. The van der Waals surface area contributed by atoms with Crippen LogP contribution >= 0.6 is 0 Å². The van der Waals surface area contributed by atoms with E-state index in [2.05, 4.69) is 41.5 Å². The summed E-state index contributed by atoms with van der Waals surface area (Å²) in [5.41, 5.74) is 2.35. The number of nitrogens with zero attached hydrogens (tertiary/aromatic N) is 1. The first-order chi connectivity index (χ1) is 12.8. The lowest BCUT2D eigenvalue weighted by atomic mass is 10.1. The largest absolute Gasteiger partial charge is 0.497 e. The van der Waals surface area contributed by atoms with Gasteiger partial charge in [-0.3, -0.25) is 0 Å². The van der Waals surface area contributed by atoms with Gasteiger partial charge >= 0.3 is 0 Å². The third kappa shape index (κ3) is 6.06. The number of benzene rings is 1. The third-order valence-electron chi connectivity index (χ3n) is 4.72. The Kier molecular flexibility index (Phi) is 9.05. The molecular formula is C23H33NO2. The van der Waals surface area contributed by atoms with Gasteiger partial charge in [-0.2, -0.15) is 0 Å². The van der Waals surface area contributed by atoms with E-state index in [1.807, 2.05) is 12.1 Å². The second-order valence-corrected chi connectivity index (χ2v) is 6.73. The molecule has 0 saturated carbocycles. The first-order valence-corrected chi connectivity index (χ1v) is 9.73. The third-order valence-corrected chi connectivity index (χ3v) is 4.72. The molecule has 0 bridgehead atoms. The molecule has 0 aliphatic heterocycles. The molecular weight excluding hydrogens is 322 g/mol. The summed E-state index contributed by atoms with van der Waals surface area (Å²) < 4.78 is 12.9. The van der Waals surface area contributed by atoms with Crippen molar-refractivity contribution in [3.8, 4) is 5.75 Å². The fraction of sp³-hybridized carbons (Fsp3) is 0.478. The van der Waals surface area contributed by atoms with Gasteiger partial charge in [0.2, 0.25) is 0 Å². The highest BCUT2D eigenvalue weighted by Gasteiger charge is 2.07. The number of hydrogen-bond donors (Lipinski definition) is 0. The molecule has 0 aliphatic rings. The maximum absolute atomic E-state index is 5.38. The van der Waals surface area contributed by atoms with Crippen molar-refractivity contribution in [3.05, 3.63) is 48.7 Å². The van der Waals surface area contributed by atoms with Crippen molar-refractivity contribution in [3.63, 3.8) is 0 Å². The topological polar surface area (TPSA) is 23.4 Å². The SMILES string of the molecule is C=CCCCCCCCCC=Cc1cc2cc(OC)ccc2n1COC. The van der Waals surface area contributed by atoms with Crippen molar-refractivity contribution < 1.29 is 9.47 Å². The van der Waals surface area contributed by atoms with E-state index in [1.165, 1.54) is 55.1 Å². The fourth-order valence-electron chi connectivity index (χ4n) is 3.27.